The molecule has 0 unspecified atom stereocenters. The lowest BCUT2D eigenvalue weighted by atomic mass is 10.0. The number of hydrogen-bond donors (Lipinski definition) is 0. The van der Waals surface area contributed by atoms with Crippen molar-refractivity contribution in [2.45, 2.75) is 10.8 Å². The van der Waals surface area contributed by atoms with Crippen molar-refractivity contribution >= 4 is 39.1 Å². The molecule has 0 N–H and O–H groups in total. The van der Waals surface area contributed by atoms with E-state index in [9.17, 15) is 0 Å². The van der Waals surface area contributed by atoms with Crippen LogP contribution in [0.15, 0.2) is 53.7 Å². The van der Waals surface area contributed by atoms with Crippen LogP contribution in [0.3, 0.4) is 0 Å². The zero-order valence-electron chi connectivity index (χ0n) is 10.1. The highest BCUT2D eigenvalue weighted by Crippen LogP contribution is 2.39. The summed E-state index contributed by atoms with van der Waals surface area (Å²) in [6.07, 6.45) is 2.00. The fourth-order valence-electron chi connectivity index (χ4n) is 3.10. The van der Waals surface area contributed by atoms with Crippen molar-refractivity contribution in [2.24, 2.45) is 0 Å². The van der Waals surface area contributed by atoms with E-state index in [1.807, 2.05) is 18.0 Å². The van der Waals surface area contributed by atoms with Crippen molar-refractivity contribution in [3.05, 3.63) is 54.2 Å². The molecule has 4 aromatic rings. The largest absolute Gasteiger partial charge is 0.286 e. The second-order valence-electron chi connectivity index (χ2n) is 4.90. The molecule has 0 atom stereocenters. The minimum Gasteiger partial charge on any atom is -0.286 e. The van der Waals surface area contributed by atoms with Crippen molar-refractivity contribution in [3.8, 4) is 0 Å². The van der Waals surface area contributed by atoms with Gasteiger partial charge in [0, 0.05) is 16.5 Å². The molecular formula is C16H10N2S. The lowest BCUT2D eigenvalue weighted by Crippen LogP contribution is -2.00. The molecule has 2 aromatic carbocycles. The number of benzene rings is 2. The minimum absolute atomic E-state index is 1.04. The summed E-state index contributed by atoms with van der Waals surface area (Å²) in [5, 5.41) is 5.13. The van der Waals surface area contributed by atoms with Gasteiger partial charge in [-0.2, -0.15) is 0 Å². The molecule has 0 saturated heterocycles. The van der Waals surface area contributed by atoms with Crippen LogP contribution >= 0.6 is 11.8 Å². The van der Waals surface area contributed by atoms with E-state index in [1.165, 1.54) is 32.3 Å². The Morgan fingerprint density at radius 2 is 1.79 bits per heavy atom. The predicted octanol–water partition coefficient (Wildman–Crippen LogP) is 4.25. The van der Waals surface area contributed by atoms with Crippen molar-refractivity contribution < 1.29 is 0 Å². The summed E-state index contributed by atoms with van der Waals surface area (Å²) >= 11 is 1.87. The highest BCUT2D eigenvalue weighted by Gasteiger charge is 2.19. The van der Waals surface area contributed by atoms with Crippen molar-refractivity contribution in [1.82, 2.24) is 9.38 Å². The van der Waals surface area contributed by atoms with E-state index < -0.39 is 0 Å². The fourth-order valence-corrected chi connectivity index (χ4v) is 4.07. The molecule has 0 bridgehead atoms. The molecule has 0 fully saturated rings. The van der Waals surface area contributed by atoms with Gasteiger partial charge >= 0.3 is 0 Å². The summed E-state index contributed by atoms with van der Waals surface area (Å²) in [6, 6.07) is 15.2. The Hall–Kier alpha value is -2.00. The Balaban J connectivity index is 2.27. The molecule has 3 heteroatoms. The Kier molecular flexibility index (Phi) is 1.72. The number of nitrogens with zero attached hydrogens (tertiary/aromatic N) is 2. The molecule has 2 nitrogen and oxygen atoms in total. The zero-order chi connectivity index (χ0) is 12.4. The zero-order valence-corrected chi connectivity index (χ0v) is 10.9. The number of thioether (sulfide) groups is 1. The first-order valence-corrected chi connectivity index (χ1v) is 7.34. The number of fused-ring (bicyclic) bond motifs is 3. The SMILES string of the molecule is c1ccc2c(c1)c1cccc3c1n1c(cnc21)SC3. The maximum atomic E-state index is 4.64. The van der Waals surface area contributed by atoms with E-state index in [0.29, 0.717) is 0 Å². The summed E-state index contributed by atoms with van der Waals surface area (Å²) in [5.41, 5.74) is 3.82. The standard InChI is InChI=1S/C16H10N2S/c1-2-6-13-11(5-1)12-7-3-4-10-9-19-14-8-17-16(13)18(14)15(10)12/h1-8H,9H2. The number of aromatic nitrogens is 2. The first-order valence-electron chi connectivity index (χ1n) is 6.36. The van der Waals surface area contributed by atoms with Gasteiger partial charge in [-0.25, -0.2) is 4.98 Å². The maximum absolute atomic E-state index is 4.64. The van der Waals surface area contributed by atoms with Crippen LogP contribution in [-0.2, 0) is 5.75 Å². The van der Waals surface area contributed by atoms with Gasteiger partial charge in [0.2, 0.25) is 0 Å². The molecule has 0 saturated carbocycles. The van der Waals surface area contributed by atoms with Crippen LogP contribution in [0, 0.1) is 0 Å². The Morgan fingerprint density at radius 3 is 2.74 bits per heavy atom. The van der Waals surface area contributed by atoms with Gasteiger partial charge in [0.25, 0.3) is 0 Å². The van der Waals surface area contributed by atoms with Gasteiger partial charge in [0.15, 0.2) is 0 Å². The molecule has 3 heterocycles. The monoisotopic (exact) mass is 262 g/mol. The third-order valence-corrected chi connectivity index (χ3v) is 4.95. The first-order chi connectivity index (χ1) is 9.43. The Bertz CT molecular complexity index is 969. The van der Waals surface area contributed by atoms with Crippen LogP contribution in [-0.4, -0.2) is 9.38 Å². The summed E-state index contributed by atoms with van der Waals surface area (Å²) in [5.74, 6) is 1.04. The summed E-state index contributed by atoms with van der Waals surface area (Å²) in [7, 11) is 0. The second-order valence-corrected chi connectivity index (χ2v) is 5.90. The molecule has 0 radical (unpaired) electrons. The van der Waals surface area contributed by atoms with Gasteiger partial charge in [-0.3, -0.25) is 4.40 Å². The minimum atomic E-state index is 1.04. The smallest absolute Gasteiger partial charge is 0.146 e. The van der Waals surface area contributed by atoms with Crippen LogP contribution < -0.4 is 0 Å². The number of rotatable bonds is 0. The van der Waals surface area contributed by atoms with E-state index >= 15 is 0 Å². The van der Waals surface area contributed by atoms with E-state index in [2.05, 4.69) is 51.8 Å². The Labute approximate surface area is 114 Å². The quantitative estimate of drug-likeness (QED) is 0.441. The Morgan fingerprint density at radius 1 is 0.947 bits per heavy atom. The summed E-state index contributed by atoms with van der Waals surface area (Å²) in [6.45, 7) is 0. The topological polar surface area (TPSA) is 17.3 Å². The first kappa shape index (κ1) is 9.87. The van der Waals surface area contributed by atoms with Crippen LogP contribution in [0.4, 0.5) is 0 Å². The number of pyridine rings is 1. The van der Waals surface area contributed by atoms with Gasteiger partial charge < -0.3 is 0 Å². The lowest BCUT2D eigenvalue weighted by Gasteiger charge is -2.17. The molecule has 1 aliphatic rings. The van der Waals surface area contributed by atoms with E-state index in [0.717, 1.165) is 11.4 Å². The average Bonchev–Trinajstić information content (AvgIpc) is 2.91. The molecule has 5 rings (SSSR count). The molecular weight excluding hydrogens is 252 g/mol. The molecule has 2 aromatic heterocycles. The normalized spacial score (nSPS) is 13.9. The fraction of sp³-hybridized carbons (Fsp3) is 0.0625. The van der Waals surface area contributed by atoms with Crippen LogP contribution in [0.5, 0.6) is 0 Å². The van der Waals surface area contributed by atoms with Gasteiger partial charge in [-0.15, -0.1) is 11.8 Å². The van der Waals surface area contributed by atoms with E-state index in [1.54, 1.807) is 0 Å². The average molecular weight is 262 g/mol. The third kappa shape index (κ3) is 1.12. The van der Waals surface area contributed by atoms with Crippen LogP contribution in [0.2, 0.25) is 0 Å². The van der Waals surface area contributed by atoms with Crippen LogP contribution in [0.1, 0.15) is 5.56 Å². The maximum Gasteiger partial charge on any atom is 0.146 e. The second kappa shape index (κ2) is 3.31. The molecule has 1 aliphatic heterocycles. The lowest BCUT2D eigenvalue weighted by molar-refractivity contribution is 1.08. The number of imidazole rings is 1. The predicted molar refractivity (Wildman–Crippen MR) is 79.8 cm³/mol. The van der Waals surface area contributed by atoms with Gasteiger partial charge in [-0.1, -0.05) is 42.5 Å². The molecule has 0 amide bonds. The summed E-state index contributed by atoms with van der Waals surface area (Å²) < 4.78 is 2.32. The number of hydrogen-bond acceptors (Lipinski definition) is 2. The molecule has 0 aliphatic carbocycles. The van der Waals surface area contributed by atoms with Gasteiger partial charge in [-0.05, 0) is 10.9 Å². The molecule has 19 heavy (non-hydrogen) atoms. The van der Waals surface area contributed by atoms with Gasteiger partial charge in [0.1, 0.15) is 10.7 Å². The highest BCUT2D eigenvalue weighted by atomic mass is 32.2. The van der Waals surface area contributed by atoms with Gasteiger partial charge in [0.05, 0.1) is 11.7 Å². The molecule has 0 spiro atoms. The third-order valence-electron chi connectivity index (χ3n) is 3.91. The number of para-hydroxylation sites is 1. The van der Waals surface area contributed by atoms with Crippen molar-refractivity contribution in [3.63, 3.8) is 0 Å². The van der Waals surface area contributed by atoms with Crippen molar-refractivity contribution in [1.29, 1.82) is 0 Å². The highest BCUT2D eigenvalue weighted by molar-refractivity contribution is 7.98. The van der Waals surface area contributed by atoms with Crippen molar-refractivity contribution in [2.75, 3.05) is 0 Å². The molecule has 90 valence electrons. The summed E-state index contributed by atoms with van der Waals surface area (Å²) in [4.78, 5) is 4.64. The van der Waals surface area contributed by atoms with Crippen LogP contribution in [0.25, 0.3) is 27.3 Å². The van der Waals surface area contributed by atoms with E-state index in [-0.39, 0.29) is 0 Å². The van der Waals surface area contributed by atoms with E-state index in [4.69, 9.17) is 0 Å².